The molecule has 0 saturated heterocycles. The van der Waals surface area contributed by atoms with E-state index in [2.05, 4.69) is 54.9 Å². The highest BCUT2D eigenvalue weighted by Gasteiger charge is 2.08. The summed E-state index contributed by atoms with van der Waals surface area (Å²) in [5, 5.41) is 4.78. The molecule has 0 aliphatic rings. The van der Waals surface area contributed by atoms with Crippen molar-refractivity contribution < 1.29 is 0 Å². The zero-order valence-electron chi connectivity index (χ0n) is 11.5. The third kappa shape index (κ3) is 2.57. The second-order valence-corrected chi connectivity index (χ2v) is 5.01. The van der Waals surface area contributed by atoms with Crippen LogP contribution in [0.3, 0.4) is 0 Å². The van der Waals surface area contributed by atoms with Crippen molar-refractivity contribution in [2.24, 2.45) is 5.73 Å². The maximum Gasteiger partial charge on any atom is 0.0486 e. The summed E-state index contributed by atoms with van der Waals surface area (Å²) in [5.41, 5.74) is 9.54. The van der Waals surface area contributed by atoms with Crippen LogP contribution in [-0.2, 0) is 19.6 Å². The largest absolute Gasteiger partial charge is 0.344 e. The molecule has 1 aromatic carbocycles. The number of aryl methyl sites for hydroxylation is 1. The van der Waals surface area contributed by atoms with E-state index in [1.807, 2.05) is 0 Å². The number of nitrogens with one attached hydrogen (secondary N) is 1. The first-order valence-electron chi connectivity index (χ1n) is 6.70. The summed E-state index contributed by atoms with van der Waals surface area (Å²) in [6, 6.07) is 9.27. The molecule has 1 aromatic heterocycles. The fraction of sp³-hybridized carbons (Fsp3) is 0.467. The minimum Gasteiger partial charge on any atom is -0.344 e. The molecular weight excluding hydrogens is 222 g/mol. The Bertz CT molecular complexity index is 526. The van der Waals surface area contributed by atoms with E-state index in [0.29, 0.717) is 12.6 Å². The van der Waals surface area contributed by atoms with Gasteiger partial charge < -0.3 is 15.6 Å². The quantitative estimate of drug-likeness (QED) is 0.850. The standard InChI is InChI=1S/C15H23N3/c1-4-18-14(10-17-11(2)3)8-13-6-5-12(9-16)7-15(13)18/h5-8,11,17H,4,9-10,16H2,1-3H3. The molecule has 0 amide bonds. The van der Waals surface area contributed by atoms with E-state index in [4.69, 9.17) is 5.73 Å². The van der Waals surface area contributed by atoms with Gasteiger partial charge in [-0.2, -0.15) is 0 Å². The van der Waals surface area contributed by atoms with E-state index in [-0.39, 0.29) is 0 Å². The molecule has 0 aliphatic heterocycles. The van der Waals surface area contributed by atoms with Gasteiger partial charge in [0.05, 0.1) is 0 Å². The van der Waals surface area contributed by atoms with Gasteiger partial charge in [-0.25, -0.2) is 0 Å². The Balaban J connectivity index is 2.41. The summed E-state index contributed by atoms with van der Waals surface area (Å²) in [6.07, 6.45) is 0. The van der Waals surface area contributed by atoms with Gasteiger partial charge in [0.25, 0.3) is 0 Å². The number of hydrogen-bond acceptors (Lipinski definition) is 2. The van der Waals surface area contributed by atoms with E-state index >= 15 is 0 Å². The number of nitrogens with zero attached hydrogens (tertiary/aromatic N) is 1. The molecule has 98 valence electrons. The van der Waals surface area contributed by atoms with E-state index < -0.39 is 0 Å². The van der Waals surface area contributed by atoms with Crippen molar-refractivity contribution in [2.75, 3.05) is 0 Å². The van der Waals surface area contributed by atoms with Gasteiger partial charge in [-0.05, 0) is 30.0 Å². The highest BCUT2D eigenvalue weighted by atomic mass is 15.0. The molecule has 0 saturated carbocycles. The average molecular weight is 245 g/mol. The van der Waals surface area contributed by atoms with Crippen LogP contribution >= 0.6 is 0 Å². The topological polar surface area (TPSA) is 43.0 Å². The summed E-state index contributed by atoms with van der Waals surface area (Å²) in [7, 11) is 0. The normalized spacial score (nSPS) is 11.6. The third-order valence-corrected chi connectivity index (χ3v) is 3.30. The van der Waals surface area contributed by atoms with Crippen LogP contribution in [0.1, 0.15) is 32.0 Å². The van der Waals surface area contributed by atoms with E-state index in [0.717, 1.165) is 13.1 Å². The summed E-state index contributed by atoms with van der Waals surface area (Å²) in [4.78, 5) is 0. The number of hydrogen-bond donors (Lipinski definition) is 2. The molecule has 2 rings (SSSR count). The molecule has 2 aromatic rings. The minimum absolute atomic E-state index is 0.507. The molecule has 0 bridgehead atoms. The van der Waals surface area contributed by atoms with Crippen molar-refractivity contribution in [3.8, 4) is 0 Å². The summed E-state index contributed by atoms with van der Waals surface area (Å²) >= 11 is 0. The molecule has 1 heterocycles. The Morgan fingerprint density at radius 2 is 2.06 bits per heavy atom. The molecule has 3 N–H and O–H groups in total. The zero-order chi connectivity index (χ0) is 13.1. The number of benzene rings is 1. The Labute approximate surface area is 109 Å². The Kier molecular flexibility index (Phi) is 4.04. The first kappa shape index (κ1) is 13.1. The van der Waals surface area contributed by atoms with E-state index in [9.17, 15) is 0 Å². The van der Waals surface area contributed by atoms with Crippen LogP contribution in [-0.4, -0.2) is 10.6 Å². The van der Waals surface area contributed by atoms with Gasteiger partial charge in [0.15, 0.2) is 0 Å². The second kappa shape index (κ2) is 5.55. The van der Waals surface area contributed by atoms with Gasteiger partial charge >= 0.3 is 0 Å². The number of fused-ring (bicyclic) bond motifs is 1. The SMILES string of the molecule is CCn1c(CNC(C)C)cc2ccc(CN)cc21. The zero-order valence-corrected chi connectivity index (χ0v) is 11.5. The third-order valence-electron chi connectivity index (χ3n) is 3.30. The summed E-state index contributed by atoms with van der Waals surface area (Å²) < 4.78 is 2.36. The minimum atomic E-state index is 0.507. The Hall–Kier alpha value is -1.32. The molecule has 0 radical (unpaired) electrons. The van der Waals surface area contributed by atoms with Gasteiger partial charge in [-0.1, -0.05) is 26.0 Å². The highest BCUT2D eigenvalue weighted by Crippen LogP contribution is 2.21. The Morgan fingerprint density at radius 1 is 1.28 bits per heavy atom. The molecule has 0 spiro atoms. The van der Waals surface area contributed by atoms with Crippen LogP contribution in [0, 0.1) is 0 Å². The highest BCUT2D eigenvalue weighted by molar-refractivity contribution is 5.82. The lowest BCUT2D eigenvalue weighted by Crippen LogP contribution is -2.23. The van der Waals surface area contributed by atoms with Gasteiger partial charge in [0.2, 0.25) is 0 Å². The number of nitrogens with two attached hydrogens (primary N) is 1. The smallest absolute Gasteiger partial charge is 0.0486 e. The molecule has 0 fully saturated rings. The second-order valence-electron chi connectivity index (χ2n) is 5.01. The maximum absolute atomic E-state index is 5.72. The predicted molar refractivity (Wildman–Crippen MR) is 77.5 cm³/mol. The average Bonchev–Trinajstić information content (AvgIpc) is 2.72. The van der Waals surface area contributed by atoms with Crippen molar-refractivity contribution in [1.29, 1.82) is 0 Å². The van der Waals surface area contributed by atoms with Gasteiger partial charge in [-0.3, -0.25) is 0 Å². The fourth-order valence-electron chi connectivity index (χ4n) is 2.31. The van der Waals surface area contributed by atoms with Gasteiger partial charge in [-0.15, -0.1) is 0 Å². The summed E-state index contributed by atoms with van der Waals surface area (Å²) in [5.74, 6) is 0. The molecule has 3 nitrogen and oxygen atoms in total. The maximum atomic E-state index is 5.72. The molecule has 3 heteroatoms. The van der Waals surface area contributed by atoms with E-state index in [1.54, 1.807) is 0 Å². The van der Waals surface area contributed by atoms with E-state index in [1.165, 1.54) is 22.2 Å². The Morgan fingerprint density at radius 3 is 2.67 bits per heavy atom. The predicted octanol–water partition coefficient (Wildman–Crippen LogP) is 2.62. The molecule has 0 unspecified atom stereocenters. The van der Waals surface area contributed by atoms with Crippen molar-refractivity contribution in [3.63, 3.8) is 0 Å². The molecule has 18 heavy (non-hydrogen) atoms. The van der Waals surface area contributed by atoms with Crippen LogP contribution < -0.4 is 11.1 Å². The van der Waals surface area contributed by atoms with Crippen LogP contribution in [0.5, 0.6) is 0 Å². The molecule has 0 atom stereocenters. The van der Waals surface area contributed by atoms with Crippen molar-refractivity contribution >= 4 is 10.9 Å². The van der Waals surface area contributed by atoms with Crippen LogP contribution in [0.2, 0.25) is 0 Å². The van der Waals surface area contributed by atoms with Gasteiger partial charge in [0, 0.05) is 36.9 Å². The van der Waals surface area contributed by atoms with Crippen LogP contribution in [0.4, 0.5) is 0 Å². The first-order valence-corrected chi connectivity index (χ1v) is 6.70. The fourth-order valence-corrected chi connectivity index (χ4v) is 2.31. The van der Waals surface area contributed by atoms with Gasteiger partial charge in [0.1, 0.15) is 0 Å². The van der Waals surface area contributed by atoms with Crippen molar-refractivity contribution in [1.82, 2.24) is 9.88 Å². The summed E-state index contributed by atoms with van der Waals surface area (Å²) in [6.45, 7) is 9.04. The van der Waals surface area contributed by atoms with Crippen LogP contribution in [0.15, 0.2) is 24.3 Å². The first-order chi connectivity index (χ1) is 8.65. The number of rotatable bonds is 5. The number of aromatic nitrogens is 1. The monoisotopic (exact) mass is 245 g/mol. The lowest BCUT2D eigenvalue weighted by Gasteiger charge is -2.11. The molecule has 0 aliphatic carbocycles. The molecular formula is C15H23N3. The van der Waals surface area contributed by atoms with Crippen LogP contribution in [0.25, 0.3) is 10.9 Å². The van der Waals surface area contributed by atoms with Crippen molar-refractivity contribution in [3.05, 3.63) is 35.5 Å². The lowest BCUT2D eigenvalue weighted by atomic mass is 10.1. The van der Waals surface area contributed by atoms with Crippen molar-refractivity contribution in [2.45, 2.75) is 46.4 Å². The lowest BCUT2D eigenvalue weighted by molar-refractivity contribution is 0.564.